The van der Waals surface area contributed by atoms with Crippen LogP contribution in [0.15, 0.2) is 121 Å². The summed E-state index contributed by atoms with van der Waals surface area (Å²) in [4.78, 5) is 12.2. The van der Waals surface area contributed by atoms with Gasteiger partial charge in [0.15, 0.2) is 0 Å². The van der Waals surface area contributed by atoms with E-state index in [2.05, 4.69) is 41.1 Å². The van der Waals surface area contributed by atoms with E-state index in [1.807, 2.05) is 84.9 Å². The highest BCUT2D eigenvalue weighted by molar-refractivity contribution is 7.98. The number of hydrogen-bond donors (Lipinski definition) is 2. The predicted molar refractivity (Wildman–Crippen MR) is 132 cm³/mol. The summed E-state index contributed by atoms with van der Waals surface area (Å²) in [6.45, 7) is 0. The standard InChI is InChI=1S/C28H25NO2S/c30-27(31)26(21-22-13-5-1-6-14-22)29-32-28(23-15-7-2-8-16-23,24-17-9-3-10-18-24)25-19-11-4-12-20-25/h1-20,26,29H,21H2,(H,30,31)/t26-/m1/s1. The SMILES string of the molecule is O=C(O)[C@@H](Cc1ccccc1)NSC(c1ccccc1)(c1ccccc1)c1ccccc1. The van der Waals surface area contributed by atoms with Crippen molar-refractivity contribution in [2.75, 3.05) is 0 Å². The molecule has 3 nitrogen and oxygen atoms in total. The zero-order valence-corrected chi connectivity index (χ0v) is 18.4. The van der Waals surface area contributed by atoms with Crippen LogP contribution in [0, 0.1) is 0 Å². The first-order valence-corrected chi connectivity index (χ1v) is 11.4. The van der Waals surface area contributed by atoms with Gasteiger partial charge in [0.25, 0.3) is 0 Å². The molecular weight excluding hydrogens is 414 g/mol. The number of aliphatic carboxylic acids is 1. The molecule has 4 heteroatoms. The summed E-state index contributed by atoms with van der Waals surface area (Å²) >= 11 is 1.45. The lowest BCUT2D eigenvalue weighted by atomic mass is 9.84. The zero-order chi connectivity index (χ0) is 22.2. The molecule has 160 valence electrons. The molecule has 0 unspecified atom stereocenters. The normalized spacial score (nSPS) is 12.2. The van der Waals surface area contributed by atoms with Gasteiger partial charge in [-0.3, -0.25) is 4.79 Å². The van der Waals surface area contributed by atoms with Gasteiger partial charge in [-0.1, -0.05) is 133 Å². The maximum Gasteiger partial charge on any atom is 0.321 e. The van der Waals surface area contributed by atoms with E-state index in [1.54, 1.807) is 0 Å². The van der Waals surface area contributed by atoms with Crippen molar-refractivity contribution in [3.8, 4) is 0 Å². The second-order valence-electron chi connectivity index (χ2n) is 7.58. The highest BCUT2D eigenvalue weighted by Gasteiger charge is 2.38. The fraction of sp³-hybridized carbons (Fsp3) is 0.107. The minimum Gasteiger partial charge on any atom is -0.480 e. The summed E-state index contributed by atoms with van der Waals surface area (Å²) in [5.41, 5.74) is 4.23. The van der Waals surface area contributed by atoms with Crippen LogP contribution in [0.2, 0.25) is 0 Å². The van der Waals surface area contributed by atoms with Gasteiger partial charge in [-0.2, -0.15) is 0 Å². The molecular formula is C28H25NO2S. The minimum atomic E-state index is -0.871. The van der Waals surface area contributed by atoms with E-state index in [0.29, 0.717) is 6.42 Å². The summed E-state index contributed by atoms with van der Waals surface area (Å²) in [5, 5.41) is 9.97. The van der Waals surface area contributed by atoms with Crippen molar-refractivity contribution in [1.82, 2.24) is 4.72 Å². The smallest absolute Gasteiger partial charge is 0.321 e. The third-order valence-electron chi connectivity index (χ3n) is 5.48. The molecule has 0 aliphatic carbocycles. The molecule has 32 heavy (non-hydrogen) atoms. The molecule has 0 fully saturated rings. The van der Waals surface area contributed by atoms with Gasteiger partial charge in [0.1, 0.15) is 10.8 Å². The predicted octanol–water partition coefficient (Wildman–Crippen LogP) is 5.91. The van der Waals surface area contributed by atoms with Crippen LogP contribution in [0.3, 0.4) is 0 Å². The van der Waals surface area contributed by atoms with E-state index in [4.69, 9.17) is 0 Å². The Morgan fingerprint density at radius 3 is 1.44 bits per heavy atom. The van der Waals surface area contributed by atoms with Crippen LogP contribution < -0.4 is 4.72 Å². The first-order chi connectivity index (χ1) is 15.7. The van der Waals surface area contributed by atoms with Crippen molar-refractivity contribution in [2.24, 2.45) is 0 Å². The zero-order valence-electron chi connectivity index (χ0n) is 17.6. The van der Waals surface area contributed by atoms with Crippen molar-refractivity contribution in [3.05, 3.63) is 144 Å². The number of carboxylic acids is 1. The molecule has 2 N–H and O–H groups in total. The molecule has 0 aromatic heterocycles. The quantitative estimate of drug-likeness (QED) is 0.251. The monoisotopic (exact) mass is 439 g/mol. The molecule has 0 aliphatic heterocycles. The van der Waals surface area contributed by atoms with Crippen LogP contribution in [-0.2, 0) is 16.0 Å². The first-order valence-electron chi connectivity index (χ1n) is 10.6. The molecule has 4 aromatic carbocycles. The molecule has 4 aromatic rings. The molecule has 0 saturated carbocycles. The first kappa shape index (κ1) is 21.9. The number of carbonyl (C=O) groups is 1. The van der Waals surface area contributed by atoms with Crippen molar-refractivity contribution >= 4 is 17.9 Å². The summed E-state index contributed by atoms with van der Waals surface area (Å²) < 4.78 is 2.70. The maximum atomic E-state index is 12.2. The number of hydrogen-bond acceptors (Lipinski definition) is 3. The van der Waals surface area contributed by atoms with Crippen LogP contribution in [0.4, 0.5) is 0 Å². The third kappa shape index (κ3) is 4.77. The summed E-state index contributed by atoms with van der Waals surface area (Å²) in [5.74, 6) is -0.871. The third-order valence-corrected chi connectivity index (χ3v) is 6.89. The Morgan fingerprint density at radius 2 is 1.06 bits per heavy atom. The second kappa shape index (κ2) is 10.3. The summed E-state index contributed by atoms with van der Waals surface area (Å²) in [6.07, 6.45) is 0.400. The summed E-state index contributed by atoms with van der Waals surface area (Å²) in [6, 6.07) is 39.7. The van der Waals surface area contributed by atoms with Gasteiger partial charge < -0.3 is 5.11 Å². The Balaban J connectivity index is 1.78. The average molecular weight is 440 g/mol. The molecule has 1 atom stereocenters. The van der Waals surface area contributed by atoms with Gasteiger partial charge in [0.05, 0.1) is 0 Å². The largest absolute Gasteiger partial charge is 0.480 e. The molecule has 0 bridgehead atoms. The Labute approximate surface area is 193 Å². The summed E-state index contributed by atoms with van der Waals surface area (Å²) in [7, 11) is 0. The molecule has 0 amide bonds. The van der Waals surface area contributed by atoms with Crippen LogP contribution in [0.1, 0.15) is 22.3 Å². The molecule has 0 spiro atoms. The highest BCUT2D eigenvalue weighted by Crippen LogP contribution is 2.47. The minimum absolute atomic E-state index is 0.400. The van der Waals surface area contributed by atoms with Crippen LogP contribution in [0.25, 0.3) is 0 Å². The second-order valence-corrected chi connectivity index (χ2v) is 8.63. The topological polar surface area (TPSA) is 49.3 Å². The van der Waals surface area contributed by atoms with E-state index in [1.165, 1.54) is 11.9 Å². The number of rotatable bonds is 9. The Morgan fingerprint density at radius 1 is 0.688 bits per heavy atom. The van der Waals surface area contributed by atoms with E-state index in [9.17, 15) is 9.90 Å². The van der Waals surface area contributed by atoms with E-state index < -0.39 is 16.8 Å². The average Bonchev–Trinajstić information content (AvgIpc) is 2.86. The van der Waals surface area contributed by atoms with Gasteiger partial charge in [-0.05, 0) is 28.7 Å². The van der Waals surface area contributed by atoms with E-state index in [-0.39, 0.29) is 0 Å². The lowest BCUT2D eigenvalue weighted by Crippen LogP contribution is -2.39. The van der Waals surface area contributed by atoms with Gasteiger partial charge in [-0.25, -0.2) is 4.72 Å². The van der Waals surface area contributed by atoms with Gasteiger partial charge in [0, 0.05) is 0 Å². The van der Waals surface area contributed by atoms with Gasteiger partial charge in [-0.15, -0.1) is 0 Å². The highest BCUT2D eigenvalue weighted by atomic mass is 32.2. The number of benzene rings is 4. The molecule has 4 rings (SSSR count). The maximum absolute atomic E-state index is 12.2. The van der Waals surface area contributed by atoms with Crippen molar-refractivity contribution in [1.29, 1.82) is 0 Å². The Hall–Kier alpha value is -3.34. The van der Waals surface area contributed by atoms with Crippen LogP contribution in [0.5, 0.6) is 0 Å². The molecule has 0 aliphatic rings. The van der Waals surface area contributed by atoms with Crippen LogP contribution >= 0.6 is 11.9 Å². The lowest BCUT2D eigenvalue weighted by Gasteiger charge is -2.36. The molecule has 0 radical (unpaired) electrons. The molecule has 0 saturated heterocycles. The van der Waals surface area contributed by atoms with Gasteiger partial charge >= 0.3 is 5.97 Å². The van der Waals surface area contributed by atoms with E-state index in [0.717, 1.165) is 22.3 Å². The Bertz CT molecular complexity index is 1020. The molecule has 0 heterocycles. The van der Waals surface area contributed by atoms with Crippen molar-refractivity contribution in [2.45, 2.75) is 17.2 Å². The number of carboxylic acid groups (broad SMARTS) is 1. The number of nitrogens with one attached hydrogen (secondary N) is 1. The van der Waals surface area contributed by atoms with Crippen LogP contribution in [-0.4, -0.2) is 17.1 Å². The fourth-order valence-corrected chi connectivity index (χ4v) is 5.15. The van der Waals surface area contributed by atoms with E-state index >= 15 is 0 Å². The fourth-order valence-electron chi connectivity index (χ4n) is 3.88. The Kier molecular flexibility index (Phi) is 7.05. The lowest BCUT2D eigenvalue weighted by molar-refractivity contribution is -0.138. The van der Waals surface area contributed by atoms with Crippen molar-refractivity contribution < 1.29 is 9.90 Å². The van der Waals surface area contributed by atoms with Crippen molar-refractivity contribution in [3.63, 3.8) is 0 Å². The van der Waals surface area contributed by atoms with Gasteiger partial charge in [0.2, 0.25) is 0 Å².